The van der Waals surface area contributed by atoms with E-state index < -0.39 is 41.4 Å². The van der Waals surface area contributed by atoms with Crippen LogP contribution in [-0.2, 0) is 22.3 Å². The monoisotopic (exact) mass is 470 g/mol. The third kappa shape index (κ3) is 7.28. The van der Waals surface area contributed by atoms with Crippen LogP contribution in [0.5, 0.6) is 0 Å². The molecule has 1 aromatic carbocycles. The lowest BCUT2D eigenvalue weighted by Gasteiger charge is -2.39. The van der Waals surface area contributed by atoms with Gasteiger partial charge in [-0.1, -0.05) is 12.1 Å². The summed E-state index contributed by atoms with van der Waals surface area (Å²) in [4.78, 5) is 21.8. The van der Waals surface area contributed by atoms with Crippen LogP contribution in [0, 0.1) is 5.82 Å². The van der Waals surface area contributed by atoms with Gasteiger partial charge in [-0.2, -0.15) is 13.2 Å². The van der Waals surface area contributed by atoms with E-state index in [1.807, 2.05) is 0 Å². The Labute approximate surface area is 189 Å². The number of piperidine rings is 1. The summed E-state index contributed by atoms with van der Waals surface area (Å²) < 4.78 is 62.9. The standard InChI is InChI=1S/C22H26F4N4O3/c1-21(2,3)33-20(31)30-9-8-18(17(12-30)29-19-27-10-16(23)11-28-19)32-13-14-4-6-15(7-5-14)22(24,25)26/h4-7,10-11,17-18H,8-9,12-13H2,1-3H3,(H,27,28,29)/t17-,18-/m1/s1. The van der Waals surface area contributed by atoms with Crippen LogP contribution in [0.2, 0.25) is 0 Å². The zero-order valence-electron chi connectivity index (χ0n) is 18.5. The molecule has 1 amide bonds. The minimum atomic E-state index is -4.40. The van der Waals surface area contributed by atoms with Gasteiger partial charge in [0.2, 0.25) is 5.95 Å². The first-order chi connectivity index (χ1) is 15.4. The lowest BCUT2D eigenvalue weighted by Crippen LogP contribution is -2.54. The van der Waals surface area contributed by atoms with Gasteiger partial charge < -0.3 is 19.7 Å². The molecule has 0 saturated carbocycles. The van der Waals surface area contributed by atoms with Crippen LogP contribution in [0.25, 0.3) is 0 Å². The maximum absolute atomic E-state index is 13.2. The molecule has 2 heterocycles. The van der Waals surface area contributed by atoms with Gasteiger partial charge in [-0.15, -0.1) is 0 Å². The molecule has 1 aliphatic heterocycles. The number of alkyl halides is 3. The van der Waals surface area contributed by atoms with Crippen molar-refractivity contribution in [2.24, 2.45) is 0 Å². The maximum atomic E-state index is 13.2. The van der Waals surface area contributed by atoms with Gasteiger partial charge in [0.15, 0.2) is 5.82 Å². The first kappa shape index (κ1) is 24.7. The second-order valence-corrected chi connectivity index (χ2v) is 8.73. The summed E-state index contributed by atoms with van der Waals surface area (Å²) in [5, 5.41) is 3.06. The summed E-state index contributed by atoms with van der Waals surface area (Å²) in [6, 6.07) is 4.29. The average Bonchev–Trinajstić information content (AvgIpc) is 2.73. The molecule has 1 aromatic heterocycles. The lowest BCUT2D eigenvalue weighted by molar-refractivity contribution is -0.137. The fourth-order valence-corrected chi connectivity index (χ4v) is 3.31. The van der Waals surface area contributed by atoms with Gasteiger partial charge in [0.05, 0.1) is 36.7 Å². The molecule has 0 aliphatic carbocycles. The van der Waals surface area contributed by atoms with Crippen molar-refractivity contribution in [3.8, 4) is 0 Å². The largest absolute Gasteiger partial charge is 0.444 e. The van der Waals surface area contributed by atoms with Crippen molar-refractivity contribution in [2.45, 2.75) is 57.7 Å². The van der Waals surface area contributed by atoms with E-state index in [0.717, 1.165) is 24.5 Å². The van der Waals surface area contributed by atoms with E-state index in [2.05, 4.69) is 15.3 Å². The summed E-state index contributed by atoms with van der Waals surface area (Å²) in [7, 11) is 0. The van der Waals surface area contributed by atoms with Gasteiger partial charge in [-0.3, -0.25) is 0 Å². The second kappa shape index (κ2) is 9.90. The maximum Gasteiger partial charge on any atom is 0.416 e. The van der Waals surface area contributed by atoms with E-state index in [1.54, 1.807) is 20.8 Å². The Morgan fingerprint density at radius 2 is 1.79 bits per heavy atom. The third-order valence-electron chi connectivity index (χ3n) is 4.88. The SMILES string of the molecule is CC(C)(C)OC(=O)N1CC[C@@H](OCc2ccc(C(F)(F)F)cc2)[C@H](Nc2ncc(F)cn2)C1. The summed E-state index contributed by atoms with van der Waals surface area (Å²) in [5.41, 5.74) is -0.810. The number of ether oxygens (including phenoxy) is 2. The molecular weight excluding hydrogens is 444 g/mol. The molecule has 180 valence electrons. The van der Waals surface area contributed by atoms with Crippen LogP contribution < -0.4 is 5.32 Å². The smallest absolute Gasteiger partial charge is 0.416 e. The minimum Gasteiger partial charge on any atom is -0.444 e. The Balaban J connectivity index is 1.69. The number of amides is 1. The van der Waals surface area contributed by atoms with Crippen molar-refractivity contribution in [1.29, 1.82) is 0 Å². The number of likely N-dealkylation sites (tertiary alicyclic amines) is 1. The van der Waals surface area contributed by atoms with Crippen LogP contribution in [0.4, 0.5) is 28.3 Å². The fraction of sp³-hybridized carbons (Fsp3) is 0.500. The van der Waals surface area contributed by atoms with Crippen molar-refractivity contribution in [1.82, 2.24) is 14.9 Å². The van der Waals surface area contributed by atoms with Crippen molar-refractivity contribution >= 4 is 12.0 Å². The molecule has 0 radical (unpaired) electrons. The number of nitrogens with zero attached hydrogens (tertiary/aromatic N) is 3. The Bertz CT molecular complexity index is 931. The predicted octanol–water partition coefficient (Wildman–Crippen LogP) is 4.64. The Kier molecular flexibility index (Phi) is 7.41. The molecule has 0 unspecified atom stereocenters. The molecule has 0 bridgehead atoms. The van der Waals surface area contributed by atoms with Crippen LogP contribution in [0.3, 0.4) is 0 Å². The van der Waals surface area contributed by atoms with E-state index in [4.69, 9.17) is 9.47 Å². The molecule has 33 heavy (non-hydrogen) atoms. The molecule has 0 spiro atoms. The van der Waals surface area contributed by atoms with Crippen molar-refractivity contribution in [3.05, 3.63) is 53.6 Å². The number of rotatable bonds is 5. The Morgan fingerprint density at radius 1 is 1.15 bits per heavy atom. The molecule has 2 atom stereocenters. The number of hydrogen-bond donors (Lipinski definition) is 1. The predicted molar refractivity (Wildman–Crippen MR) is 112 cm³/mol. The lowest BCUT2D eigenvalue weighted by atomic mass is 10.0. The summed E-state index contributed by atoms with van der Waals surface area (Å²) in [6.45, 7) is 5.98. The highest BCUT2D eigenvalue weighted by Gasteiger charge is 2.35. The fourth-order valence-electron chi connectivity index (χ4n) is 3.31. The molecule has 1 N–H and O–H groups in total. The zero-order valence-corrected chi connectivity index (χ0v) is 18.5. The van der Waals surface area contributed by atoms with Crippen LogP contribution in [0.1, 0.15) is 38.3 Å². The number of benzene rings is 1. The topological polar surface area (TPSA) is 76.6 Å². The van der Waals surface area contributed by atoms with Crippen molar-refractivity contribution in [2.75, 3.05) is 18.4 Å². The van der Waals surface area contributed by atoms with Gasteiger partial charge >= 0.3 is 12.3 Å². The molecule has 2 aromatic rings. The molecule has 3 rings (SSSR count). The van der Waals surface area contributed by atoms with E-state index in [-0.39, 0.29) is 19.1 Å². The second-order valence-electron chi connectivity index (χ2n) is 8.73. The zero-order chi connectivity index (χ0) is 24.2. The number of anilines is 1. The molecule has 1 aliphatic rings. The van der Waals surface area contributed by atoms with Crippen LogP contribution >= 0.6 is 0 Å². The van der Waals surface area contributed by atoms with Gasteiger partial charge in [0, 0.05) is 13.1 Å². The molecule has 7 nitrogen and oxygen atoms in total. The highest BCUT2D eigenvalue weighted by molar-refractivity contribution is 5.68. The Morgan fingerprint density at radius 3 is 2.36 bits per heavy atom. The van der Waals surface area contributed by atoms with E-state index >= 15 is 0 Å². The number of carbonyl (C=O) groups excluding carboxylic acids is 1. The number of halogens is 4. The van der Waals surface area contributed by atoms with Gasteiger partial charge in [-0.25, -0.2) is 19.2 Å². The van der Waals surface area contributed by atoms with Gasteiger partial charge in [0.25, 0.3) is 0 Å². The van der Waals surface area contributed by atoms with Gasteiger partial charge in [-0.05, 0) is 44.9 Å². The van der Waals surface area contributed by atoms with Crippen LogP contribution in [0.15, 0.2) is 36.7 Å². The number of nitrogens with one attached hydrogen (secondary N) is 1. The number of aromatic nitrogens is 2. The van der Waals surface area contributed by atoms with Crippen LogP contribution in [-0.4, -0.2) is 51.8 Å². The summed E-state index contributed by atoms with van der Waals surface area (Å²) in [6.07, 6.45) is -2.81. The number of hydrogen-bond acceptors (Lipinski definition) is 6. The normalized spacial score (nSPS) is 19.3. The first-order valence-corrected chi connectivity index (χ1v) is 10.4. The highest BCUT2D eigenvalue weighted by Crippen LogP contribution is 2.29. The summed E-state index contributed by atoms with van der Waals surface area (Å²) in [5.74, 6) is -0.426. The molecule has 1 saturated heterocycles. The highest BCUT2D eigenvalue weighted by atomic mass is 19.4. The van der Waals surface area contributed by atoms with Gasteiger partial charge in [0.1, 0.15) is 5.60 Å². The average molecular weight is 470 g/mol. The minimum absolute atomic E-state index is 0.0810. The quantitative estimate of drug-likeness (QED) is 0.642. The first-order valence-electron chi connectivity index (χ1n) is 10.4. The van der Waals surface area contributed by atoms with Crippen molar-refractivity contribution in [3.63, 3.8) is 0 Å². The summed E-state index contributed by atoms with van der Waals surface area (Å²) >= 11 is 0. The van der Waals surface area contributed by atoms with E-state index in [1.165, 1.54) is 17.0 Å². The molecule has 1 fully saturated rings. The van der Waals surface area contributed by atoms with E-state index in [9.17, 15) is 22.4 Å². The Hall–Kier alpha value is -2.95. The molecular formula is C22H26F4N4O3. The van der Waals surface area contributed by atoms with E-state index in [0.29, 0.717) is 18.5 Å². The molecule has 11 heteroatoms. The number of carbonyl (C=O) groups is 1. The van der Waals surface area contributed by atoms with Crippen molar-refractivity contribution < 1.29 is 31.8 Å². The third-order valence-corrected chi connectivity index (χ3v) is 4.88.